The van der Waals surface area contributed by atoms with Crippen molar-refractivity contribution in [1.82, 2.24) is 4.90 Å². The second kappa shape index (κ2) is 6.20. The molecule has 0 amide bonds. The molecule has 0 aliphatic carbocycles. The summed E-state index contributed by atoms with van der Waals surface area (Å²) < 4.78 is 0. The van der Waals surface area contributed by atoms with Crippen LogP contribution in [0.2, 0.25) is 0 Å². The van der Waals surface area contributed by atoms with Crippen LogP contribution < -0.4 is 0 Å². The Morgan fingerprint density at radius 3 is 2.26 bits per heavy atom. The number of aryl methyl sites for hydroxylation is 1. The zero-order valence-corrected chi connectivity index (χ0v) is 12.6. The van der Waals surface area contributed by atoms with Crippen LogP contribution >= 0.6 is 0 Å². The van der Waals surface area contributed by atoms with Gasteiger partial charge in [0.25, 0.3) is 0 Å². The highest BCUT2D eigenvalue weighted by Gasteiger charge is 2.28. The van der Waals surface area contributed by atoms with E-state index < -0.39 is 12.0 Å². The first kappa shape index (κ1) is 15.7. The Morgan fingerprint density at radius 1 is 1.32 bits per heavy atom. The Morgan fingerprint density at radius 2 is 1.84 bits per heavy atom. The zero-order chi connectivity index (χ0) is 14.6. The SMILES string of the molecule is CC[C@H](C(=O)O)N(C)CC(C)(C)c1ccc(C)cc1. The molecule has 3 heteroatoms. The molecule has 106 valence electrons. The Balaban J connectivity index is 2.84. The highest BCUT2D eigenvalue weighted by molar-refractivity contribution is 5.73. The highest BCUT2D eigenvalue weighted by atomic mass is 16.4. The molecule has 19 heavy (non-hydrogen) atoms. The fourth-order valence-corrected chi connectivity index (χ4v) is 2.50. The third-order valence-corrected chi connectivity index (χ3v) is 3.68. The van der Waals surface area contributed by atoms with Crippen molar-refractivity contribution in [2.75, 3.05) is 13.6 Å². The average molecular weight is 263 g/mol. The minimum absolute atomic E-state index is 0.0642. The second-order valence-electron chi connectivity index (χ2n) is 5.93. The Hall–Kier alpha value is -1.35. The standard InChI is InChI=1S/C16H25NO2/c1-6-14(15(18)19)17(5)11-16(3,4)13-9-7-12(2)8-10-13/h7-10,14H,6,11H2,1-5H3,(H,18,19)/t14-/m1/s1. The van der Waals surface area contributed by atoms with E-state index in [0.29, 0.717) is 6.42 Å². The summed E-state index contributed by atoms with van der Waals surface area (Å²) in [5.74, 6) is -0.746. The first-order valence-electron chi connectivity index (χ1n) is 6.78. The molecule has 1 rings (SSSR count). The molecule has 3 nitrogen and oxygen atoms in total. The molecule has 0 spiro atoms. The maximum absolute atomic E-state index is 11.2. The highest BCUT2D eigenvalue weighted by Crippen LogP contribution is 2.25. The van der Waals surface area contributed by atoms with E-state index in [2.05, 4.69) is 45.0 Å². The molecule has 0 fully saturated rings. The van der Waals surface area contributed by atoms with Gasteiger partial charge in [-0.1, -0.05) is 50.6 Å². The third-order valence-electron chi connectivity index (χ3n) is 3.68. The molecule has 0 heterocycles. The van der Waals surface area contributed by atoms with Gasteiger partial charge < -0.3 is 5.11 Å². The van der Waals surface area contributed by atoms with Crippen molar-refractivity contribution in [3.05, 3.63) is 35.4 Å². The molecular weight excluding hydrogens is 238 g/mol. The summed E-state index contributed by atoms with van der Waals surface area (Å²) in [6, 6.07) is 8.05. The van der Waals surface area contributed by atoms with Gasteiger partial charge in [0.1, 0.15) is 6.04 Å². The van der Waals surface area contributed by atoms with E-state index in [9.17, 15) is 9.90 Å². The summed E-state index contributed by atoms with van der Waals surface area (Å²) in [7, 11) is 1.89. The number of benzene rings is 1. The molecule has 1 aromatic carbocycles. The van der Waals surface area contributed by atoms with E-state index in [4.69, 9.17) is 0 Å². The van der Waals surface area contributed by atoms with Gasteiger partial charge in [-0.15, -0.1) is 0 Å². The van der Waals surface area contributed by atoms with E-state index in [-0.39, 0.29) is 5.41 Å². The predicted molar refractivity (Wildman–Crippen MR) is 78.5 cm³/mol. The van der Waals surface area contributed by atoms with E-state index >= 15 is 0 Å². The number of rotatable bonds is 6. The van der Waals surface area contributed by atoms with Crippen LogP contribution in [0, 0.1) is 6.92 Å². The van der Waals surface area contributed by atoms with Gasteiger partial charge in [0, 0.05) is 12.0 Å². The molecule has 0 aromatic heterocycles. The van der Waals surface area contributed by atoms with Crippen molar-refractivity contribution in [3.63, 3.8) is 0 Å². The van der Waals surface area contributed by atoms with Crippen molar-refractivity contribution < 1.29 is 9.90 Å². The first-order valence-corrected chi connectivity index (χ1v) is 6.78. The van der Waals surface area contributed by atoms with Gasteiger partial charge in [-0.3, -0.25) is 9.69 Å². The quantitative estimate of drug-likeness (QED) is 0.857. The van der Waals surface area contributed by atoms with Crippen LogP contribution in [-0.4, -0.2) is 35.6 Å². The summed E-state index contributed by atoms with van der Waals surface area (Å²) in [5, 5.41) is 9.21. The number of aliphatic carboxylic acids is 1. The smallest absolute Gasteiger partial charge is 0.320 e. The van der Waals surface area contributed by atoms with Crippen molar-refractivity contribution in [2.24, 2.45) is 0 Å². The molecule has 0 saturated carbocycles. The molecule has 1 atom stereocenters. The van der Waals surface area contributed by atoms with Gasteiger partial charge in [-0.2, -0.15) is 0 Å². The Kier molecular flexibility index (Phi) is 5.12. The minimum atomic E-state index is -0.746. The van der Waals surface area contributed by atoms with Crippen molar-refractivity contribution in [1.29, 1.82) is 0 Å². The molecule has 0 bridgehead atoms. The second-order valence-corrected chi connectivity index (χ2v) is 5.93. The maximum Gasteiger partial charge on any atom is 0.320 e. The van der Waals surface area contributed by atoms with Crippen molar-refractivity contribution in [2.45, 2.75) is 45.6 Å². The first-order chi connectivity index (χ1) is 8.77. The zero-order valence-electron chi connectivity index (χ0n) is 12.6. The molecule has 0 aliphatic rings. The summed E-state index contributed by atoms with van der Waals surface area (Å²) >= 11 is 0. The summed E-state index contributed by atoms with van der Waals surface area (Å²) in [6.07, 6.45) is 0.621. The van der Waals surface area contributed by atoms with Crippen LogP contribution in [0.3, 0.4) is 0 Å². The van der Waals surface area contributed by atoms with Gasteiger partial charge in [0.2, 0.25) is 0 Å². The summed E-state index contributed by atoms with van der Waals surface area (Å²) in [6.45, 7) is 9.01. The number of carboxylic acids is 1. The molecular formula is C16H25NO2. The van der Waals surface area contributed by atoms with Crippen molar-refractivity contribution >= 4 is 5.97 Å². The fraction of sp³-hybridized carbons (Fsp3) is 0.562. The van der Waals surface area contributed by atoms with Crippen LogP contribution in [-0.2, 0) is 10.2 Å². The monoisotopic (exact) mass is 263 g/mol. The van der Waals surface area contributed by atoms with Crippen LogP contribution in [0.4, 0.5) is 0 Å². The number of carbonyl (C=O) groups is 1. The number of carboxylic acid groups (broad SMARTS) is 1. The lowest BCUT2D eigenvalue weighted by atomic mass is 9.83. The summed E-state index contributed by atoms with van der Waals surface area (Å²) in [4.78, 5) is 13.1. The van der Waals surface area contributed by atoms with E-state index in [1.807, 2.05) is 18.9 Å². The van der Waals surface area contributed by atoms with Gasteiger partial charge in [-0.05, 0) is 26.0 Å². The molecule has 0 radical (unpaired) electrons. The van der Waals surface area contributed by atoms with Crippen LogP contribution in [0.25, 0.3) is 0 Å². The normalized spacial score (nSPS) is 13.6. The molecule has 1 N–H and O–H groups in total. The summed E-state index contributed by atoms with van der Waals surface area (Å²) in [5.41, 5.74) is 2.42. The van der Waals surface area contributed by atoms with Crippen LogP contribution in [0.1, 0.15) is 38.3 Å². The van der Waals surface area contributed by atoms with E-state index in [1.54, 1.807) is 0 Å². The lowest BCUT2D eigenvalue weighted by Crippen LogP contribution is -2.44. The minimum Gasteiger partial charge on any atom is -0.480 e. The maximum atomic E-state index is 11.2. The van der Waals surface area contributed by atoms with Gasteiger partial charge >= 0.3 is 5.97 Å². The Bertz CT molecular complexity index is 423. The molecule has 0 unspecified atom stereocenters. The van der Waals surface area contributed by atoms with E-state index in [1.165, 1.54) is 11.1 Å². The van der Waals surface area contributed by atoms with Crippen LogP contribution in [0.15, 0.2) is 24.3 Å². The number of likely N-dealkylation sites (N-methyl/N-ethyl adjacent to an activating group) is 1. The number of hydrogen-bond acceptors (Lipinski definition) is 2. The number of nitrogens with zero attached hydrogens (tertiary/aromatic N) is 1. The fourth-order valence-electron chi connectivity index (χ4n) is 2.50. The van der Waals surface area contributed by atoms with Crippen molar-refractivity contribution in [3.8, 4) is 0 Å². The lowest BCUT2D eigenvalue weighted by molar-refractivity contribution is -0.143. The molecule has 1 aromatic rings. The average Bonchev–Trinajstić information content (AvgIpc) is 2.29. The number of hydrogen-bond donors (Lipinski definition) is 1. The molecule has 0 aliphatic heterocycles. The lowest BCUT2D eigenvalue weighted by Gasteiger charge is -2.33. The largest absolute Gasteiger partial charge is 0.480 e. The molecule has 0 saturated heterocycles. The van der Waals surface area contributed by atoms with E-state index in [0.717, 1.165) is 6.54 Å². The topological polar surface area (TPSA) is 40.5 Å². The van der Waals surface area contributed by atoms with Gasteiger partial charge in [-0.25, -0.2) is 0 Å². The van der Waals surface area contributed by atoms with Gasteiger partial charge in [0.15, 0.2) is 0 Å². The van der Waals surface area contributed by atoms with Gasteiger partial charge in [0.05, 0.1) is 0 Å². The van der Waals surface area contributed by atoms with Crippen LogP contribution in [0.5, 0.6) is 0 Å². The predicted octanol–water partition coefficient (Wildman–Crippen LogP) is 3.07. The third kappa shape index (κ3) is 4.06. The Labute approximate surface area is 116 Å².